The molecule has 1 fully saturated rings. The molecule has 1 aromatic heterocycles. The Hall–Kier alpha value is -3.48. The predicted octanol–water partition coefficient (Wildman–Crippen LogP) is 3.24. The first kappa shape index (κ1) is 24.6. The van der Waals surface area contributed by atoms with Crippen LogP contribution in [0.15, 0.2) is 53.4 Å². The van der Waals surface area contributed by atoms with Crippen molar-refractivity contribution in [3.8, 4) is 0 Å². The van der Waals surface area contributed by atoms with Gasteiger partial charge in [-0.15, -0.1) is 11.3 Å². The van der Waals surface area contributed by atoms with Gasteiger partial charge in [-0.1, -0.05) is 0 Å². The van der Waals surface area contributed by atoms with Crippen molar-refractivity contribution in [2.24, 2.45) is 0 Å². The SMILES string of the molecule is Cc1sc(C(=O)Nc2ccc(N)cc2C(=O)O)cc1S(=O)(=O)N1CCN(c2ccc(F)cc2)CC1. The van der Waals surface area contributed by atoms with Crippen LogP contribution >= 0.6 is 11.3 Å². The van der Waals surface area contributed by atoms with Crippen molar-refractivity contribution in [3.63, 3.8) is 0 Å². The summed E-state index contributed by atoms with van der Waals surface area (Å²) in [6, 6.07) is 11.4. The Morgan fingerprint density at radius 3 is 2.34 bits per heavy atom. The highest BCUT2D eigenvalue weighted by Crippen LogP contribution is 2.30. The zero-order chi connectivity index (χ0) is 25.3. The van der Waals surface area contributed by atoms with Gasteiger partial charge in [-0.05, 0) is 55.5 Å². The second-order valence-corrected chi connectivity index (χ2v) is 11.1. The monoisotopic (exact) mass is 518 g/mol. The van der Waals surface area contributed by atoms with Crippen LogP contribution in [0.2, 0.25) is 0 Å². The molecule has 184 valence electrons. The number of nitrogen functional groups attached to an aromatic ring is 1. The van der Waals surface area contributed by atoms with Crippen molar-refractivity contribution in [2.75, 3.05) is 42.1 Å². The number of benzene rings is 2. The highest BCUT2D eigenvalue weighted by Gasteiger charge is 2.32. The van der Waals surface area contributed by atoms with Crippen LogP contribution in [0.4, 0.5) is 21.5 Å². The van der Waals surface area contributed by atoms with E-state index in [4.69, 9.17) is 5.73 Å². The quantitative estimate of drug-likeness (QED) is 0.427. The van der Waals surface area contributed by atoms with Crippen LogP contribution in [0.5, 0.6) is 0 Å². The number of hydrogen-bond acceptors (Lipinski definition) is 7. The van der Waals surface area contributed by atoms with Gasteiger partial charge in [0.2, 0.25) is 10.0 Å². The minimum absolute atomic E-state index is 0.0404. The predicted molar refractivity (Wildman–Crippen MR) is 132 cm³/mol. The number of anilines is 3. The van der Waals surface area contributed by atoms with E-state index in [1.807, 2.05) is 4.90 Å². The summed E-state index contributed by atoms with van der Waals surface area (Å²) >= 11 is 1.01. The molecule has 1 saturated heterocycles. The first-order chi connectivity index (χ1) is 16.6. The van der Waals surface area contributed by atoms with E-state index < -0.39 is 21.9 Å². The smallest absolute Gasteiger partial charge is 0.337 e. The van der Waals surface area contributed by atoms with Gasteiger partial charge in [-0.2, -0.15) is 4.31 Å². The molecule has 3 aromatic rings. The molecule has 0 atom stereocenters. The summed E-state index contributed by atoms with van der Waals surface area (Å²) < 4.78 is 41.2. The number of nitrogens with one attached hydrogen (secondary N) is 1. The first-order valence-corrected chi connectivity index (χ1v) is 12.9. The highest BCUT2D eigenvalue weighted by molar-refractivity contribution is 7.89. The minimum atomic E-state index is -3.85. The van der Waals surface area contributed by atoms with Gasteiger partial charge < -0.3 is 21.1 Å². The van der Waals surface area contributed by atoms with E-state index in [-0.39, 0.29) is 45.6 Å². The molecule has 12 heteroatoms. The highest BCUT2D eigenvalue weighted by atomic mass is 32.2. The van der Waals surface area contributed by atoms with Crippen LogP contribution in [0, 0.1) is 12.7 Å². The molecular weight excluding hydrogens is 495 g/mol. The number of carbonyl (C=O) groups is 2. The van der Waals surface area contributed by atoms with Gasteiger partial charge in [-0.25, -0.2) is 17.6 Å². The van der Waals surface area contributed by atoms with Gasteiger partial charge in [0, 0.05) is 42.4 Å². The number of carboxylic acids is 1. The van der Waals surface area contributed by atoms with Crippen molar-refractivity contribution in [1.29, 1.82) is 0 Å². The van der Waals surface area contributed by atoms with Crippen LogP contribution in [0.1, 0.15) is 24.9 Å². The van der Waals surface area contributed by atoms with Crippen molar-refractivity contribution < 1.29 is 27.5 Å². The van der Waals surface area contributed by atoms with E-state index in [0.29, 0.717) is 18.0 Å². The minimum Gasteiger partial charge on any atom is -0.478 e. The average Bonchev–Trinajstić information content (AvgIpc) is 3.23. The zero-order valence-electron chi connectivity index (χ0n) is 18.7. The topological polar surface area (TPSA) is 133 Å². The van der Waals surface area contributed by atoms with Crippen molar-refractivity contribution in [1.82, 2.24) is 4.31 Å². The Kier molecular flexibility index (Phi) is 6.79. The maximum atomic E-state index is 13.3. The Balaban J connectivity index is 1.49. The Morgan fingerprint density at radius 2 is 1.71 bits per heavy atom. The average molecular weight is 519 g/mol. The van der Waals surface area contributed by atoms with Gasteiger partial charge in [-0.3, -0.25) is 4.79 Å². The molecule has 0 radical (unpaired) electrons. The summed E-state index contributed by atoms with van der Waals surface area (Å²) in [7, 11) is -3.85. The molecule has 0 spiro atoms. The summed E-state index contributed by atoms with van der Waals surface area (Å²) in [6.45, 7) is 2.98. The van der Waals surface area contributed by atoms with Crippen LogP contribution in [0.3, 0.4) is 0 Å². The molecule has 1 aliphatic rings. The lowest BCUT2D eigenvalue weighted by molar-refractivity contribution is 0.0698. The fourth-order valence-electron chi connectivity index (χ4n) is 3.84. The molecule has 0 bridgehead atoms. The van der Waals surface area contributed by atoms with Crippen LogP contribution in [0.25, 0.3) is 0 Å². The summed E-state index contributed by atoms with van der Waals surface area (Å²) in [5, 5.41) is 11.9. The van der Waals surface area contributed by atoms with Crippen LogP contribution in [-0.4, -0.2) is 55.9 Å². The fraction of sp³-hybridized carbons (Fsp3) is 0.217. The fourth-order valence-corrected chi connectivity index (χ4v) is 6.72. The summed E-state index contributed by atoms with van der Waals surface area (Å²) in [6.07, 6.45) is 0. The number of nitrogens with zero attached hydrogens (tertiary/aromatic N) is 2. The third-order valence-electron chi connectivity index (χ3n) is 5.67. The number of halogens is 1. The number of aromatic carboxylic acids is 1. The third kappa shape index (κ3) is 5.14. The Morgan fingerprint density at radius 1 is 1.06 bits per heavy atom. The Bertz CT molecular complexity index is 1380. The number of amides is 1. The Labute approximate surface area is 205 Å². The summed E-state index contributed by atoms with van der Waals surface area (Å²) in [5.41, 5.74) is 6.58. The number of thiophene rings is 1. The van der Waals surface area contributed by atoms with Gasteiger partial charge in [0.25, 0.3) is 5.91 Å². The largest absolute Gasteiger partial charge is 0.478 e. The van der Waals surface area contributed by atoms with Gasteiger partial charge >= 0.3 is 5.97 Å². The number of nitrogens with two attached hydrogens (primary N) is 1. The van der Waals surface area contributed by atoms with Crippen molar-refractivity contribution >= 4 is 50.3 Å². The molecule has 2 heterocycles. The van der Waals surface area contributed by atoms with E-state index in [9.17, 15) is 27.5 Å². The van der Waals surface area contributed by atoms with Crippen LogP contribution < -0.4 is 16.0 Å². The molecule has 35 heavy (non-hydrogen) atoms. The molecule has 0 aliphatic carbocycles. The van der Waals surface area contributed by atoms with E-state index in [0.717, 1.165) is 17.0 Å². The number of piperazine rings is 1. The summed E-state index contributed by atoms with van der Waals surface area (Å²) in [5.74, 6) is -2.20. The number of carbonyl (C=O) groups excluding carboxylic acids is 1. The van der Waals surface area contributed by atoms with E-state index >= 15 is 0 Å². The number of hydrogen-bond donors (Lipinski definition) is 3. The second kappa shape index (κ2) is 9.64. The molecule has 2 aromatic carbocycles. The lowest BCUT2D eigenvalue weighted by Gasteiger charge is -2.35. The molecule has 4 N–H and O–H groups in total. The lowest BCUT2D eigenvalue weighted by Crippen LogP contribution is -2.48. The number of rotatable bonds is 6. The molecule has 9 nitrogen and oxygen atoms in total. The van der Waals surface area contributed by atoms with Gasteiger partial charge in [0.15, 0.2) is 0 Å². The second-order valence-electron chi connectivity index (χ2n) is 7.96. The van der Waals surface area contributed by atoms with E-state index in [1.165, 1.54) is 40.7 Å². The number of aryl methyl sites for hydroxylation is 1. The molecule has 0 unspecified atom stereocenters. The maximum absolute atomic E-state index is 13.3. The molecule has 4 rings (SSSR count). The first-order valence-electron chi connectivity index (χ1n) is 10.6. The maximum Gasteiger partial charge on any atom is 0.337 e. The zero-order valence-corrected chi connectivity index (χ0v) is 20.3. The number of sulfonamides is 1. The molecule has 1 aliphatic heterocycles. The van der Waals surface area contributed by atoms with Crippen molar-refractivity contribution in [3.05, 3.63) is 69.7 Å². The van der Waals surface area contributed by atoms with Crippen LogP contribution in [-0.2, 0) is 10.0 Å². The van der Waals surface area contributed by atoms with Crippen molar-refractivity contribution in [2.45, 2.75) is 11.8 Å². The van der Waals surface area contributed by atoms with E-state index in [2.05, 4.69) is 5.32 Å². The lowest BCUT2D eigenvalue weighted by atomic mass is 10.1. The van der Waals surface area contributed by atoms with Gasteiger partial charge in [0.05, 0.1) is 21.0 Å². The van der Waals surface area contributed by atoms with Gasteiger partial charge in [0.1, 0.15) is 5.82 Å². The van der Waals surface area contributed by atoms with E-state index in [1.54, 1.807) is 19.1 Å². The molecular formula is C23H23FN4O5S2. The molecule has 1 amide bonds. The standard InChI is InChI=1S/C23H23FN4O5S2/c1-14-21(13-20(34-14)22(29)26-19-7-4-16(25)12-18(19)23(30)31)35(32,33)28-10-8-27(9-11-28)17-5-2-15(24)3-6-17/h2-7,12-13H,8-11,25H2,1H3,(H,26,29)(H,30,31). The number of carboxylic acid groups (broad SMARTS) is 1. The third-order valence-corrected chi connectivity index (χ3v) is 8.87. The normalized spacial score (nSPS) is 14.6. The summed E-state index contributed by atoms with van der Waals surface area (Å²) in [4.78, 5) is 26.9. The molecule has 0 saturated carbocycles.